The summed E-state index contributed by atoms with van der Waals surface area (Å²) in [5.74, 6) is 0.258. The van der Waals surface area contributed by atoms with E-state index in [0.29, 0.717) is 24.7 Å². The topological polar surface area (TPSA) is 107 Å². The number of carbonyl (C=O) groups excluding carboxylic acids is 1. The molecule has 0 aromatic carbocycles. The van der Waals surface area contributed by atoms with Crippen molar-refractivity contribution in [1.82, 2.24) is 20.6 Å². The second-order valence-corrected chi connectivity index (χ2v) is 5.09. The number of aliphatic carboxylic acids is 1. The summed E-state index contributed by atoms with van der Waals surface area (Å²) < 4.78 is 0. The van der Waals surface area contributed by atoms with Gasteiger partial charge in [0.2, 0.25) is 0 Å². The fourth-order valence-corrected chi connectivity index (χ4v) is 2.10. The SMILES string of the molecule is CCC(CCNC(=O)NC(C)c1ncc[nH]1)CCC(=O)O. The number of carboxylic acid groups (broad SMARTS) is 1. The van der Waals surface area contributed by atoms with E-state index in [1.807, 2.05) is 13.8 Å². The Hall–Kier alpha value is -2.05. The highest BCUT2D eigenvalue weighted by molar-refractivity contribution is 5.74. The number of aromatic amines is 1. The first-order valence-electron chi connectivity index (χ1n) is 7.28. The maximum atomic E-state index is 11.7. The molecule has 2 atom stereocenters. The summed E-state index contributed by atoms with van der Waals surface area (Å²) in [5, 5.41) is 14.2. The molecule has 7 heteroatoms. The van der Waals surface area contributed by atoms with E-state index in [1.165, 1.54) is 0 Å². The van der Waals surface area contributed by atoms with E-state index in [9.17, 15) is 9.59 Å². The van der Waals surface area contributed by atoms with Crippen LogP contribution in [0.15, 0.2) is 12.4 Å². The lowest BCUT2D eigenvalue weighted by molar-refractivity contribution is -0.137. The van der Waals surface area contributed by atoms with Crippen molar-refractivity contribution >= 4 is 12.0 Å². The molecular weight excluding hydrogens is 272 g/mol. The van der Waals surface area contributed by atoms with Gasteiger partial charge in [-0.3, -0.25) is 4.79 Å². The van der Waals surface area contributed by atoms with Gasteiger partial charge in [-0.25, -0.2) is 9.78 Å². The van der Waals surface area contributed by atoms with Gasteiger partial charge in [-0.1, -0.05) is 13.3 Å². The van der Waals surface area contributed by atoms with Gasteiger partial charge in [0.15, 0.2) is 0 Å². The molecule has 0 aliphatic rings. The number of amides is 2. The molecule has 0 bridgehead atoms. The summed E-state index contributed by atoms with van der Waals surface area (Å²) in [5.41, 5.74) is 0. The van der Waals surface area contributed by atoms with Gasteiger partial charge in [0.1, 0.15) is 5.82 Å². The van der Waals surface area contributed by atoms with Crippen LogP contribution in [0.1, 0.15) is 51.4 Å². The van der Waals surface area contributed by atoms with E-state index in [-0.39, 0.29) is 18.5 Å². The first-order valence-corrected chi connectivity index (χ1v) is 7.28. The van der Waals surface area contributed by atoms with Crippen LogP contribution in [0.2, 0.25) is 0 Å². The highest BCUT2D eigenvalue weighted by Crippen LogP contribution is 2.14. The molecule has 0 radical (unpaired) electrons. The Morgan fingerprint density at radius 2 is 2.19 bits per heavy atom. The number of imidazole rings is 1. The zero-order valence-electron chi connectivity index (χ0n) is 12.6. The Morgan fingerprint density at radius 1 is 1.43 bits per heavy atom. The van der Waals surface area contributed by atoms with Crippen molar-refractivity contribution < 1.29 is 14.7 Å². The second kappa shape index (κ2) is 8.99. The monoisotopic (exact) mass is 296 g/mol. The number of rotatable bonds is 9. The Bertz CT molecular complexity index is 433. The minimum absolute atomic E-state index is 0.181. The lowest BCUT2D eigenvalue weighted by Crippen LogP contribution is -2.38. The van der Waals surface area contributed by atoms with Gasteiger partial charge in [0.25, 0.3) is 0 Å². The molecule has 4 N–H and O–H groups in total. The molecule has 7 nitrogen and oxygen atoms in total. The smallest absolute Gasteiger partial charge is 0.315 e. The molecule has 118 valence electrons. The molecule has 0 saturated carbocycles. The van der Waals surface area contributed by atoms with Crippen molar-refractivity contribution in [3.05, 3.63) is 18.2 Å². The summed E-state index contributed by atoms with van der Waals surface area (Å²) in [6, 6.07) is -0.430. The van der Waals surface area contributed by atoms with E-state index in [2.05, 4.69) is 20.6 Å². The van der Waals surface area contributed by atoms with E-state index in [1.54, 1.807) is 12.4 Å². The molecule has 0 aliphatic heterocycles. The normalized spacial score (nSPS) is 13.4. The summed E-state index contributed by atoms with van der Waals surface area (Å²) >= 11 is 0. The average Bonchev–Trinajstić information content (AvgIpc) is 2.96. The predicted octanol–water partition coefficient (Wildman–Crippen LogP) is 2.05. The van der Waals surface area contributed by atoms with Crippen molar-refractivity contribution in [2.45, 2.75) is 45.6 Å². The number of nitrogens with zero attached hydrogens (tertiary/aromatic N) is 1. The first-order chi connectivity index (χ1) is 10.0. The quantitative estimate of drug-likeness (QED) is 0.559. The lowest BCUT2D eigenvalue weighted by Gasteiger charge is -2.16. The van der Waals surface area contributed by atoms with Crippen molar-refractivity contribution in [1.29, 1.82) is 0 Å². The van der Waals surface area contributed by atoms with Crippen LogP contribution >= 0.6 is 0 Å². The Morgan fingerprint density at radius 3 is 2.76 bits per heavy atom. The van der Waals surface area contributed by atoms with Crippen molar-refractivity contribution in [2.75, 3.05) is 6.54 Å². The zero-order valence-corrected chi connectivity index (χ0v) is 12.6. The lowest BCUT2D eigenvalue weighted by atomic mass is 9.97. The van der Waals surface area contributed by atoms with Crippen LogP contribution in [0.3, 0.4) is 0 Å². The maximum Gasteiger partial charge on any atom is 0.315 e. The summed E-state index contributed by atoms with van der Waals surface area (Å²) in [7, 11) is 0. The summed E-state index contributed by atoms with van der Waals surface area (Å²) in [6.07, 6.45) is 5.88. The van der Waals surface area contributed by atoms with Gasteiger partial charge in [-0.2, -0.15) is 0 Å². The third-order valence-electron chi connectivity index (χ3n) is 3.46. The molecular formula is C14H24N4O3. The molecule has 2 amide bonds. The van der Waals surface area contributed by atoms with Gasteiger partial charge in [0, 0.05) is 25.4 Å². The fraction of sp³-hybridized carbons (Fsp3) is 0.643. The molecule has 0 aliphatic carbocycles. The molecule has 21 heavy (non-hydrogen) atoms. The number of carboxylic acids is 1. The van der Waals surface area contributed by atoms with Gasteiger partial charge >= 0.3 is 12.0 Å². The molecule has 1 rings (SSSR count). The van der Waals surface area contributed by atoms with Crippen LogP contribution < -0.4 is 10.6 Å². The third-order valence-corrected chi connectivity index (χ3v) is 3.46. The average molecular weight is 296 g/mol. The molecule has 2 unspecified atom stereocenters. The second-order valence-electron chi connectivity index (χ2n) is 5.09. The third kappa shape index (κ3) is 6.78. The molecule has 0 fully saturated rings. The van der Waals surface area contributed by atoms with E-state index in [0.717, 1.165) is 12.8 Å². The summed E-state index contributed by atoms with van der Waals surface area (Å²) in [6.45, 7) is 4.42. The minimum atomic E-state index is -0.772. The van der Waals surface area contributed by atoms with Crippen LogP contribution in [-0.4, -0.2) is 33.6 Å². The molecule has 1 aromatic heterocycles. The van der Waals surface area contributed by atoms with Gasteiger partial charge in [-0.15, -0.1) is 0 Å². The van der Waals surface area contributed by atoms with Crippen LogP contribution in [-0.2, 0) is 4.79 Å². The van der Waals surface area contributed by atoms with Crippen molar-refractivity contribution in [2.24, 2.45) is 5.92 Å². The van der Waals surface area contributed by atoms with Crippen LogP contribution in [0.4, 0.5) is 4.79 Å². The molecule has 1 aromatic rings. The van der Waals surface area contributed by atoms with Crippen LogP contribution in [0.25, 0.3) is 0 Å². The molecule has 1 heterocycles. The number of hydrogen-bond donors (Lipinski definition) is 4. The van der Waals surface area contributed by atoms with Crippen molar-refractivity contribution in [3.8, 4) is 0 Å². The zero-order chi connectivity index (χ0) is 15.7. The van der Waals surface area contributed by atoms with Crippen LogP contribution in [0.5, 0.6) is 0 Å². The van der Waals surface area contributed by atoms with Crippen LogP contribution in [0, 0.1) is 5.92 Å². The number of urea groups is 1. The van der Waals surface area contributed by atoms with Crippen molar-refractivity contribution in [3.63, 3.8) is 0 Å². The number of hydrogen-bond acceptors (Lipinski definition) is 3. The van der Waals surface area contributed by atoms with Gasteiger partial charge in [0.05, 0.1) is 6.04 Å². The number of nitrogens with one attached hydrogen (secondary N) is 3. The molecule has 0 saturated heterocycles. The number of H-pyrrole nitrogens is 1. The summed E-state index contributed by atoms with van der Waals surface area (Å²) in [4.78, 5) is 29.3. The Kier molecular flexibility index (Phi) is 7.28. The van der Waals surface area contributed by atoms with E-state index < -0.39 is 5.97 Å². The Labute approximate surface area is 124 Å². The minimum Gasteiger partial charge on any atom is -0.481 e. The fourth-order valence-electron chi connectivity index (χ4n) is 2.10. The maximum absolute atomic E-state index is 11.7. The largest absolute Gasteiger partial charge is 0.481 e. The molecule has 0 spiro atoms. The predicted molar refractivity (Wildman–Crippen MR) is 78.8 cm³/mol. The number of aromatic nitrogens is 2. The van der Waals surface area contributed by atoms with E-state index >= 15 is 0 Å². The Balaban J connectivity index is 2.21. The van der Waals surface area contributed by atoms with Gasteiger partial charge in [-0.05, 0) is 25.7 Å². The standard InChI is InChI=1S/C14H24N4O3/c1-3-11(4-5-12(19)20)6-7-17-14(21)18-10(2)13-15-8-9-16-13/h8-11H,3-7H2,1-2H3,(H,15,16)(H,19,20)(H2,17,18,21). The number of carbonyl (C=O) groups is 2. The highest BCUT2D eigenvalue weighted by Gasteiger charge is 2.12. The highest BCUT2D eigenvalue weighted by atomic mass is 16.4. The van der Waals surface area contributed by atoms with E-state index in [4.69, 9.17) is 5.11 Å². The first kappa shape index (κ1) is 17.0. The van der Waals surface area contributed by atoms with Gasteiger partial charge < -0.3 is 20.7 Å².